The van der Waals surface area contributed by atoms with Crippen molar-refractivity contribution < 1.29 is 19.3 Å². The van der Waals surface area contributed by atoms with Crippen LogP contribution in [0.1, 0.15) is 5.56 Å². The molecule has 5 rings (SSSR count). The number of hydrogen-bond acceptors (Lipinski definition) is 7. The molecule has 0 fully saturated rings. The summed E-state index contributed by atoms with van der Waals surface area (Å²) in [6.07, 6.45) is 7.17. The van der Waals surface area contributed by atoms with Crippen LogP contribution in [0.25, 0.3) is 0 Å². The molecule has 2 heterocycles. The molecule has 2 aromatic carbocycles. The van der Waals surface area contributed by atoms with E-state index in [1.165, 1.54) is 5.56 Å². The predicted molar refractivity (Wildman–Crippen MR) is 132 cm³/mol. The lowest BCUT2D eigenvalue weighted by Crippen LogP contribution is -2.34. The van der Waals surface area contributed by atoms with Gasteiger partial charge in [-0.05, 0) is 42.0 Å². The number of aliphatic hydroxyl groups is 1. The van der Waals surface area contributed by atoms with E-state index in [0.717, 1.165) is 29.3 Å². The van der Waals surface area contributed by atoms with Gasteiger partial charge in [0.2, 0.25) is 6.35 Å². The van der Waals surface area contributed by atoms with Crippen LogP contribution in [-0.4, -0.2) is 49.8 Å². The third-order valence-corrected chi connectivity index (χ3v) is 6.11. The highest BCUT2D eigenvalue weighted by Gasteiger charge is 2.31. The first kappa shape index (κ1) is 22.0. The van der Waals surface area contributed by atoms with Crippen molar-refractivity contribution in [2.24, 2.45) is 15.9 Å². The Kier molecular flexibility index (Phi) is 6.18. The summed E-state index contributed by atoms with van der Waals surface area (Å²) < 4.78 is 17.1. The third kappa shape index (κ3) is 4.47. The van der Waals surface area contributed by atoms with Gasteiger partial charge < -0.3 is 24.2 Å². The molecule has 7 heteroatoms. The van der Waals surface area contributed by atoms with Crippen LogP contribution in [0.4, 0.5) is 5.69 Å². The van der Waals surface area contributed by atoms with E-state index in [1.807, 2.05) is 65.6 Å². The highest BCUT2D eigenvalue weighted by Crippen LogP contribution is 2.31. The van der Waals surface area contributed by atoms with Gasteiger partial charge in [-0.2, -0.15) is 0 Å². The maximum absolute atomic E-state index is 10.5. The molecule has 0 saturated carbocycles. The first-order valence-electron chi connectivity index (χ1n) is 11.2. The van der Waals surface area contributed by atoms with Crippen LogP contribution in [-0.2, 0) is 15.9 Å². The van der Waals surface area contributed by atoms with Crippen molar-refractivity contribution in [1.82, 2.24) is 0 Å². The van der Waals surface area contributed by atoms with Crippen LogP contribution in [0.15, 0.2) is 101 Å². The summed E-state index contributed by atoms with van der Waals surface area (Å²) in [5.74, 6) is 1.97. The van der Waals surface area contributed by atoms with Crippen molar-refractivity contribution in [3.63, 3.8) is 0 Å². The second-order valence-corrected chi connectivity index (χ2v) is 8.28. The molecular weight excluding hydrogens is 430 g/mol. The number of rotatable bonds is 7. The molecule has 0 amide bonds. The monoisotopic (exact) mass is 457 g/mol. The molecule has 174 valence electrons. The lowest BCUT2D eigenvalue weighted by atomic mass is 9.89. The Balaban J connectivity index is 1.25. The Bertz CT molecular complexity index is 1180. The number of nitrogens with zero attached hydrogens (tertiary/aromatic N) is 3. The molecule has 1 N–H and O–H groups in total. The van der Waals surface area contributed by atoms with Crippen LogP contribution < -0.4 is 9.64 Å². The van der Waals surface area contributed by atoms with Crippen molar-refractivity contribution >= 4 is 17.1 Å². The van der Waals surface area contributed by atoms with Crippen molar-refractivity contribution in [2.45, 2.75) is 18.9 Å². The Morgan fingerprint density at radius 3 is 2.50 bits per heavy atom. The number of anilines is 1. The predicted octanol–water partition coefficient (Wildman–Crippen LogP) is 3.87. The molecule has 3 aliphatic rings. The molecule has 0 spiro atoms. The standard InChI is InChI=1S/C27H27N3O4/c1-32-25-15-22-23(16-26(25)33-2)28-13-12-24(22)34-21-10-8-20(9-11-21)30-17-19(29-27(30)31)14-18-6-4-3-5-7-18/h3-13,15-16,22,24,27,31H,14,17H2,1-2H3/t22?,24-,27?/m0/s1. The average Bonchev–Trinajstić information content (AvgIpc) is 3.24. The summed E-state index contributed by atoms with van der Waals surface area (Å²) in [5, 5.41) is 10.5. The zero-order valence-electron chi connectivity index (χ0n) is 19.2. The van der Waals surface area contributed by atoms with Crippen LogP contribution in [0.2, 0.25) is 0 Å². The molecule has 0 bridgehead atoms. The van der Waals surface area contributed by atoms with Gasteiger partial charge in [-0.15, -0.1) is 0 Å². The number of benzene rings is 2. The maximum Gasteiger partial charge on any atom is 0.225 e. The molecule has 1 aliphatic carbocycles. The van der Waals surface area contributed by atoms with Gasteiger partial charge in [-0.3, -0.25) is 4.99 Å². The van der Waals surface area contributed by atoms with Crippen molar-refractivity contribution in [3.05, 3.63) is 96.1 Å². The molecule has 7 nitrogen and oxygen atoms in total. The minimum Gasteiger partial charge on any atom is -0.493 e. The molecule has 0 radical (unpaired) electrons. The Morgan fingerprint density at radius 1 is 1.00 bits per heavy atom. The van der Waals surface area contributed by atoms with E-state index in [4.69, 9.17) is 14.2 Å². The van der Waals surface area contributed by atoms with Gasteiger partial charge in [0.05, 0.1) is 32.4 Å². The largest absolute Gasteiger partial charge is 0.493 e. The fraction of sp³-hybridized carbons (Fsp3) is 0.259. The highest BCUT2D eigenvalue weighted by molar-refractivity contribution is 6.01. The maximum atomic E-state index is 10.5. The van der Waals surface area contributed by atoms with Crippen LogP contribution in [0.3, 0.4) is 0 Å². The first-order chi connectivity index (χ1) is 16.6. The van der Waals surface area contributed by atoms with E-state index in [-0.39, 0.29) is 12.0 Å². The fourth-order valence-corrected chi connectivity index (χ4v) is 4.38. The van der Waals surface area contributed by atoms with E-state index >= 15 is 0 Å². The Labute approximate surface area is 199 Å². The number of hydrogen-bond donors (Lipinski definition) is 1. The highest BCUT2D eigenvalue weighted by atomic mass is 16.5. The minimum absolute atomic E-state index is 0.0760. The molecule has 3 atom stereocenters. The third-order valence-electron chi connectivity index (χ3n) is 6.11. The quantitative estimate of drug-likeness (QED) is 0.683. The zero-order chi connectivity index (χ0) is 23.5. The van der Waals surface area contributed by atoms with Crippen LogP contribution in [0.5, 0.6) is 5.75 Å². The number of fused-ring (bicyclic) bond motifs is 1. The molecule has 2 unspecified atom stereocenters. The van der Waals surface area contributed by atoms with Crippen LogP contribution in [0, 0.1) is 5.92 Å². The van der Waals surface area contributed by atoms with Gasteiger partial charge in [0, 0.05) is 30.1 Å². The van der Waals surface area contributed by atoms with Gasteiger partial charge >= 0.3 is 0 Å². The van der Waals surface area contributed by atoms with E-state index in [2.05, 4.69) is 22.1 Å². The van der Waals surface area contributed by atoms with E-state index in [0.29, 0.717) is 18.1 Å². The second-order valence-electron chi connectivity index (χ2n) is 8.28. The summed E-state index contributed by atoms with van der Waals surface area (Å²) in [4.78, 5) is 10.8. The number of aliphatic imine (C=N–C) groups is 2. The summed E-state index contributed by atoms with van der Waals surface area (Å²) in [6.45, 7) is 0.586. The molecule has 0 saturated heterocycles. The summed E-state index contributed by atoms with van der Waals surface area (Å²) in [7, 11) is 3.23. The molecular formula is C27H27N3O4. The number of ether oxygens (including phenoxy) is 3. The van der Waals surface area contributed by atoms with Gasteiger partial charge in [-0.25, -0.2) is 4.99 Å². The van der Waals surface area contributed by atoms with Gasteiger partial charge in [0.15, 0.2) is 11.5 Å². The van der Waals surface area contributed by atoms with E-state index in [9.17, 15) is 5.11 Å². The van der Waals surface area contributed by atoms with Crippen molar-refractivity contribution in [2.75, 3.05) is 25.7 Å². The smallest absolute Gasteiger partial charge is 0.225 e. The van der Waals surface area contributed by atoms with Crippen molar-refractivity contribution in [1.29, 1.82) is 0 Å². The summed E-state index contributed by atoms with van der Waals surface area (Å²) in [6, 6.07) is 17.9. The minimum atomic E-state index is -0.882. The number of methoxy groups -OCH3 is 2. The molecule has 2 aliphatic heterocycles. The number of aliphatic hydroxyl groups excluding tert-OH is 1. The van der Waals surface area contributed by atoms with Gasteiger partial charge in [0.25, 0.3) is 0 Å². The number of allylic oxidation sites excluding steroid dienone is 1. The average molecular weight is 458 g/mol. The second kappa shape index (κ2) is 9.57. The van der Waals surface area contributed by atoms with E-state index < -0.39 is 6.35 Å². The van der Waals surface area contributed by atoms with Gasteiger partial charge in [0.1, 0.15) is 11.9 Å². The SMILES string of the molecule is COC1=CC2=NC=C[C@H](Oc3ccc(N4CC(Cc5ccccc5)=NC4O)cc3)C2C=C1OC. The zero-order valence-corrected chi connectivity index (χ0v) is 19.2. The topological polar surface area (TPSA) is 75.9 Å². The van der Waals surface area contributed by atoms with Crippen molar-refractivity contribution in [3.8, 4) is 5.75 Å². The molecule has 0 aromatic heterocycles. The molecule has 2 aromatic rings. The Morgan fingerprint density at radius 2 is 1.76 bits per heavy atom. The van der Waals surface area contributed by atoms with E-state index in [1.54, 1.807) is 20.4 Å². The van der Waals surface area contributed by atoms with Gasteiger partial charge in [-0.1, -0.05) is 30.3 Å². The lowest BCUT2D eigenvalue weighted by molar-refractivity contribution is 0.190. The molecule has 34 heavy (non-hydrogen) atoms. The lowest BCUT2D eigenvalue weighted by Gasteiger charge is -2.29. The van der Waals surface area contributed by atoms with Crippen LogP contribution >= 0.6 is 0 Å². The fourth-order valence-electron chi connectivity index (χ4n) is 4.38. The summed E-state index contributed by atoms with van der Waals surface area (Å²) >= 11 is 0. The Hall–Kier alpha value is -3.84. The first-order valence-corrected chi connectivity index (χ1v) is 11.2. The summed E-state index contributed by atoms with van der Waals surface area (Å²) in [5.41, 5.74) is 3.90. The normalized spacial score (nSPS) is 23.4.